The second-order valence-corrected chi connectivity index (χ2v) is 3.79. The molecule has 0 saturated heterocycles. The summed E-state index contributed by atoms with van der Waals surface area (Å²) in [6.45, 7) is 0. The van der Waals surface area contributed by atoms with Crippen LogP contribution in [-0.2, 0) is 0 Å². The van der Waals surface area contributed by atoms with Crippen LogP contribution in [0.3, 0.4) is 0 Å². The summed E-state index contributed by atoms with van der Waals surface area (Å²) in [4.78, 5) is 4.40. The highest BCUT2D eigenvalue weighted by Crippen LogP contribution is 2.31. The van der Waals surface area contributed by atoms with Crippen LogP contribution in [0.15, 0.2) is 48.7 Å². The molecule has 0 aliphatic heterocycles. The number of nitrogens with zero attached hydrogens (tertiary/aromatic N) is 1. The summed E-state index contributed by atoms with van der Waals surface area (Å²) in [6, 6.07) is 14.6. The van der Waals surface area contributed by atoms with E-state index in [9.17, 15) is 0 Å². The van der Waals surface area contributed by atoms with E-state index in [-0.39, 0.29) is 0 Å². The average Bonchev–Trinajstić information content (AvgIpc) is 2.36. The van der Waals surface area contributed by atoms with Crippen LogP contribution < -0.4 is 5.32 Å². The van der Waals surface area contributed by atoms with E-state index >= 15 is 0 Å². The molecule has 0 fully saturated rings. The van der Waals surface area contributed by atoms with Crippen molar-refractivity contribution in [3.8, 4) is 0 Å². The van der Waals surface area contributed by atoms with E-state index in [1.165, 1.54) is 16.2 Å². The lowest BCUT2D eigenvalue weighted by Gasteiger charge is -2.09. The van der Waals surface area contributed by atoms with Crippen LogP contribution in [0.1, 0.15) is 0 Å². The van der Waals surface area contributed by atoms with E-state index in [1.807, 2.05) is 19.3 Å². The van der Waals surface area contributed by atoms with Crippen molar-refractivity contribution in [3.63, 3.8) is 0 Å². The van der Waals surface area contributed by atoms with Crippen molar-refractivity contribution in [1.29, 1.82) is 0 Å². The first-order chi connectivity index (χ1) is 7.90. The molecule has 0 aliphatic carbocycles. The van der Waals surface area contributed by atoms with Gasteiger partial charge in [-0.25, -0.2) is 0 Å². The van der Waals surface area contributed by atoms with Crippen LogP contribution in [-0.4, -0.2) is 12.0 Å². The molecule has 0 amide bonds. The maximum Gasteiger partial charge on any atom is 0.0729 e. The number of benzene rings is 2. The Morgan fingerprint density at radius 1 is 1.00 bits per heavy atom. The summed E-state index contributed by atoms with van der Waals surface area (Å²) >= 11 is 0. The minimum atomic E-state index is 1.03. The first-order valence-corrected chi connectivity index (χ1v) is 5.34. The monoisotopic (exact) mass is 208 g/mol. The smallest absolute Gasteiger partial charge is 0.0729 e. The molecule has 1 N–H and O–H groups in total. The molecule has 3 rings (SSSR count). The van der Waals surface area contributed by atoms with Gasteiger partial charge in [0, 0.05) is 24.0 Å². The predicted octanol–water partition coefficient (Wildman–Crippen LogP) is 3.43. The van der Waals surface area contributed by atoms with Gasteiger partial charge in [0.05, 0.1) is 11.2 Å². The van der Waals surface area contributed by atoms with Crippen LogP contribution >= 0.6 is 0 Å². The first-order valence-electron chi connectivity index (χ1n) is 5.34. The minimum absolute atomic E-state index is 1.03. The largest absolute Gasteiger partial charge is 0.387 e. The molecule has 0 aliphatic rings. The van der Waals surface area contributed by atoms with Gasteiger partial charge in [-0.15, -0.1) is 0 Å². The molecule has 0 unspecified atom stereocenters. The van der Waals surface area contributed by atoms with Gasteiger partial charge in [0.15, 0.2) is 0 Å². The van der Waals surface area contributed by atoms with Crippen LogP contribution in [0.25, 0.3) is 21.7 Å². The van der Waals surface area contributed by atoms with E-state index < -0.39 is 0 Å². The highest BCUT2D eigenvalue weighted by molar-refractivity contribution is 6.09. The molecule has 0 radical (unpaired) electrons. The Labute approximate surface area is 93.9 Å². The normalized spacial score (nSPS) is 10.8. The number of fused-ring (bicyclic) bond motifs is 2. The highest BCUT2D eigenvalue weighted by Gasteiger charge is 2.05. The molecule has 2 heteroatoms. The zero-order chi connectivity index (χ0) is 11.0. The highest BCUT2D eigenvalue weighted by atomic mass is 14.8. The molecule has 0 bridgehead atoms. The Kier molecular flexibility index (Phi) is 2.00. The molecule has 2 aromatic carbocycles. The van der Waals surface area contributed by atoms with Gasteiger partial charge in [-0.3, -0.25) is 4.98 Å². The number of anilines is 1. The van der Waals surface area contributed by atoms with Crippen molar-refractivity contribution in [2.24, 2.45) is 0 Å². The molecular weight excluding hydrogens is 196 g/mol. The molecule has 78 valence electrons. The average molecular weight is 208 g/mol. The molecule has 2 nitrogen and oxygen atoms in total. The Bertz CT molecular complexity index is 605. The summed E-state index contributed by atoms with van der Waals surface area (Å²) in [6.07, 6.45) is 1.83. The molecule has 1 aromatic heterocycles. The molecule has 16 heavy (non-hydrogen) atoms. The van der Waals surface area contributed by atoms with Crippen molar-refractivity contribution in [2.75, 3.05) is 12.4 Å². The maximum absolute atomic E-state index is 4.40. The topological polar surface area (TPSA) is 24.9 Å². The van der Waals surface area contributed by atoms with Gasteiger partial charge < -0.3 is 5.32 Å². The van der Waals surface area contributed by atoms with Crippen molar-refractivity contribution in [1.82, 2.24) is 4.98 Å². The summed E-state index contributed by atoms with van der Waals surface area (Å²) < 4.78 is 0. The number of hydrogen-bond acceptors (Lipinski definition) is 2. The predicted molar refractivity (Wildman–Crippen MR) is 68.8 cm³/mol. The van der Waals surface area contributed by atoms with E-state index in [4.69, 9.17) is 0 Å². The number of rotatable bonds is 1. The lowest BCUT2D eigenvalue weighted by molar-refractivity contribution is 1.41. The van der Waals surface area contributed by atoms with Crippen molar-refractivity contribution < 1.29 is 0 Å². The van der Waals surface area contributed by atoms with E-state index in [1.54, 1.807) is 0 Å². The van der Waals surface area contributed by atoms with Crippen LogP contribution in [0.2, 0.25) is 0 Å². The number of nitrogens with one attached hydrogen (secondary N) is 1. The summed E-state index contributed by atoms with van der Waals surface area (Å²) in [7, 11) is 1.95. The number of hydrogen-bond donors (Lipinski definition) is 1. The van der Waals surface area contributed by atoms with Gasteiger partial charge in [0.2, 0.25) is 0 Å². The third-order valence-corrected chi connectivity index (χ3v) is 2.88. The van der Waals surface area contributed by atoms with Crippen LogP contribution in [0.5, 0.6) is 0 Å². The molecule has 0 spiro atoms. The Morgan fingerprint density at radius 3 is 2.69 bits per heavy atom. The molecule has 0 atom stereocenters. The maximum atomic E-state index is 4.40. The standard InChI is InChI=1S/C14H12N2/c1-15-14-11-6-3-2-5-10(11)9-13-12(14)7-4-8-16-13/h2-9,15H,1H3. The van der Waals surface area contributed by atoms with E-state index in [2.05, 4.69) is 46.7 Å². The van der Waals surface area contributed by atoms with Crippen LogP contribution in [0, 0.1) is 0 Å². The number of aromatic nitrogens is 1. The van der Waals surface area contributed by atoms with Gasteiger partial charge in [-0.2, -0.15) is 0 Å². The fourth-order valence-electron chi connectivity index (χ4n) is 2.16. The molecule has 0 saturated carbocycles. The zero-order valence-corrected chi connectivity index (χ0v) is 9.07. The fourth-order valence-corrected chi connectivity index (χ4v) is 2.16. The molecular formula is C14H12N2. The zero-order valence-electron chi connectivity index (χ0n) is 9.07. The quantitative estimate of drug-likeness (QED) is 0.620. The van der Waals surface area contributed by atoms with E-state index in [0.29, 0.717) is 0 Å². The fraction of sp³-hybridized carbons (Fsp3) is 0.0714. The minimum Gasteiger partial charge on any atom is -0.387 e. The summed E-state index contributed by atoms with van der Waals surface area (Å²) in [5.74, 6) is 0. The Hall–Kier alpha value is -2.09. The second kappa shape index (κ2) is 3.49. The third-order valence-electron chi connectivity index (χ3n) is 2.88. The summed E-state index contributed by atoms with van der Waals surface area (Å²) in [5, 5.41) is 6.90. The van der Waals surface area contributed by atoms with Gasteiger partial charge in [-0.1, -0.05) is 24.3 Å². The van der Waals surface area contributed by atoms with Crippen molar-refractivity contribution in [2.45, 2.75) is 0 Å². The third kappa shape index (κ3) is 1.23. The van der Waals surface area contributed by atoms with Gasteiger partial charge >= 0.3 is 0 Å². The second-order valence-electron chi connectivity index (χ2n) is 3.79. The van der Waals surface area contributed by atoms with Gasteiger partial charge in [0.1, 0.15) is 0 Å². The van der Waals surface area contributed by atoms with E-state index in [0.717, 1.165) is 11.2 Å². The summed E-state index contributed by atoms with van der Waals surface area (Å²) in [5.41, 5.74) is 2.19. The van der Waals surface area contributed by atoms with Crippen molar-refractivity contribution in [3.05, 3.63) is 48.7 Å². The number of pyridine rings is 1. The lowest BCUT2D eigenvalue weighted by Crippen LogP contribution is -1.92. The SMILES string of the molecule is CNc1c2ccccc2cc2ncccc12. The lowest BCUT2D eigenvalue weighted by atomic mass is 10.0. The van der Waals surface area contributed by atoms with Gasteiger partial charge in [0.25, 0.3) is 0 Å². The molecule has 3 aromatic rings. The van der Waals surface area contributed by atoms with Crippen molar-refractivity contribution >= 4 is 27.4 Å². The Balaban J connectivity index is 2.56. The molecule has 1 heterocycles. The van der Waals surface area contributed by atoms with Crippen LogP contribution in [0.4, 0.5) is 5.69 Å². The Morgan fingerprint density at radius 2 is 1.81 bits per heavy atom. The first kappa shape index (κ1) is 9.16. The van der Waals surface area contributed by atoms with Gasteiger partial charge in [-0.05, 0) is 23.6 Å².